The number of nitrogens with zero attached hydrogens (tertiary/aromatic N) is 3. The second-order valence-electron chi connectivity index (χ2n) is 6.44. The predicted octanol–water partition coefficient (Wildman–Crippen LogP) is 5.63. The lowest BCUT2D eigenvalue weighted by Crippen LogP contribution is -2.36. The Hall–Kier alpha value is -1.57. The average molecular weight is 475 g/mol. The first-order valence-corrected chi connectivity index (χ1v) is 10.4. The van der Waals surface area contributed by atoms with Crippen molar-refractivity contribution in [1.82, 2.24) is 9.88 Å². The van der Waals surface area contributed by atoms with Gasteiger partial charge in [0.15, 0.2) is 5.13 Å². The number of hydrogen-bond donors (Lipinski definition) is 0. The molecule has 0 aliphatic carbocycles. The summed E-state index contributed by atoms with van der Waals surface area (Å²) in [6, 6.07) is 10.6. The van der Waals surface area contributed by atoms with Gasteiger partial charge in [0.25, 0.3) is 5.91 Å². The van der Waals surface area contributed by atoms with Crippen LogP contribution in [0.5, 0.6) is 5.75 Å². The number of aromatic nitrogens is 1. The van der Waals surface area contributed by atoms with Crippen LogP contribution in [-0.2, 0) is 0 Å². The summed E-state index contributed by atoms with van der Waals surface area (Å²) in [7, 11) is 3.93. The third-order valence-corrected chi connectivity index (χ3v) is 5.66. The fraction of sp³-hybridized carbons (Fsp3) is 0.300. The normalized spacial score (nSPS) is 10.8. The van der Waals surface area contributed by atoms with E-state index in [1.165, 1.54) is 11.3 Å². The van der Waals surface area contributed by atoms with Crippen molar-refractivity contribution in [2.45, 2.75) is 6.92 Å². The van der Waals surface area contributed by atoms with E-state index in [0.717, 1.165) is 16.0 Å². The number of ether oxygens (including phenoxy) is 1. The summed E-state index contributed by atoms with van der Waals surface area (Å²) in [6.45, 7) is 3.72. The van der Waals surface area contributed by atoms with Crippen LogP contribution in [0.1, 0.15) is 17.3 Å². The number of benzene rings is 2. The van der Waals surface area contributed by atoms with E-state index in [4.69, 9.17) is 27.9 Å². The maximum atomic E-state index is 13.3. The Kier molecular flexibility index (Phi) is 8.55. The quantitative estimate of drug-likeness (QED) is 0.445. The second-order valence-corrected chi connectivity index (χ2v) is 8.30. The molecular weight excluding hydrogens is 453 g/mol. The maximum Gasteiger partial charge on any atom is 0.261 e. The fourth-order valence-corrected chi connectivity index (χ4v) is 4.16. The molecule has 0 radical (unpaired) electrons. The smallest absolute Gasteiger partial charge is 0.261 e. The van der Waals surface area contributed by atoms with E-state index in [9.17, 15) is 4.79 Å². The molecule has 0 atom stereocenters. The lowest BCUT2D eigenvalue weighted by atomic mass is 10.2. The SMILES string of the molecule is CCOc1ccc2nc(N(CCN(C)C)C(=O)c3ccc(Cl)cc3Cl)sc2c1.Cl. The van der Waals surface area contributed by atoms with Crippen LogP contribution in [0.2, 0.25) is 10.0 Å². The highest BCUT2D eigenvalue weighted by Crippen LogP contribution is 2.33. The molecule has 0 aliphatic heterocycles. The molecule has 0 N–H and O–H groups in total. The number of fused-ring (bicyclic) bond motifs is 1. The van der Waals surface area contributed by atoms with Gasteiger partial charge in [-0.2, -0.15) is 0 Å². The first-order valence-electron chi connectivity index (χ1n) is 8.84. The summed E-state index contributed by atoms with van der Waals surface area (Å²) in [5, 5.41) is 1.44. The molecule has 0 aliphatic rings. The highest BCUT2D eigenvalue weighted by molar-refractivity contribution is 7.22. The van der Waals surface area contributed by atoms with Gasteiger partial charge < -0.3 is 9.64 Å². The molecule has 2 aromatic carbocycles. The topological polar surface area (TPSA) is 45.7 Å². The Morgan fingerprint density at radius 1 is 1.14 bits per heavy atom. The van der Waals surface area contributed by atoms with Gasteiger partial charge in [0.05, 0.1) is 27.4 Å². The number of halogens is 3. The van der Waals surface area contributed by atoms with Gasteiger partial charge in [0, 0.05) is 18.1 Å². The van der Waals surface area contributed by atoms with Crippen LogP contribution in [0.3, 0.4) is 0 Å². The number of amides is 1. The van der Waals surface area contributed by atoms with Crippen molar-refractivity contribution in [3.05, 3.63) is 52.0 Å². The number of anilines is 1. The standard InChI is InChI=1S/C20H21Cl2N3O2S.ClH/c1-4-27-14-6-8-17-18(12-14)28-20(23-17)25(10-9-24(2)3)19(26)15-7-5-13(21)11-16(15)22;/h5-8,11-12H,4,9-10H2,1-3H3;1H. The van der Waals surface area contributed by atoms with Crippen LogP contribution in [0, 0.1) is 0 Å². The van der Waals surface area contributed by atoms with Crippen LogP contribution in [0.4, 0.5) is 5.13 Å². The van der Waals surface area contributed by atoms with Gasteiger partial charge in [-0.25, -0.2) is 4.98 Å². The summed E-state index contributed by atoms with van der Waals surface area (Å²) >= 11 is 13.7. The van der Waals surface area contributed by atoms with Crippen molar-refractivity contribution < 1.29 is 9.53 Å². The molecule has 0 saturated heterocycles. The second kappa shape index (κ2) is 10.5. The zero-order valence-corrected chi connectivity index (χ0v) is 19.5. The minimum Gasteiger partial charge on any atom is -0.494 e. The molecule has 3 aromatic rings. The molecule has 0 saturated carbocycles. The Labute approximate surface area is 190 Å². The van der Waals surface area contributed by atoms with Gasteiger partial charge >= 0.3 is 0 Å². The van der Waals surface area contributed by atoms with Crippen LogP contribution in [0.25, 0.3) is 10.2 Å². The van der Waals surface area contributed by atoms with Gasteiger partial charge in [0.2, 0.25) is 0 Å². The number of carbonyl (C=O) groups is 1. The van der Waals surface area contributed by atoms with Gasteiger partial charge in [-0.3, -0.25) is 9.69 Å². The summed E-state index contributed by atoms with van der Waals surface area (Å²) in [5.41, 5.74) is 1.23. The lowest BCUT2D eigenvalue weighted by Gasteiger charge is -2.22. The minimum absolute atomic E-state index is 0. The number of rotatable bonds is 7. The average Bonchev–Trinajstić information content (AvgIpc) is 3.04. The van der Waals surface area contributed by atoms with Gasteiger partial charge in [-0.15, -0.1) is 12.4 Å². The van der Waals surface area contributed by atoms with Gasteiger partial charge in [-0.05, 0) is 57.4 Å². The molecule has 29 heavy (non-hydrogen) atoms. The molecule has 1 heterocycles. The van der Waals surface area contributed by atoms with Gasteiger partial charge in [0.1, 0.15) is 5.75 Å². The molecule has 1 amide bonds. The van der Waals surface area contributed by atoms with E-state index in [1.54, 1.807) is 23.1 Å². The third-order valence-electron chi connectivity index (χ3n) is 4.07. The monoisotopic (exact) mass is 473 g/mol. The molecule has 0 bridgehead atoms. The van der Waals surface area contributed by atoms with E-state index in [0.29, 0.717) is 40.4 Å². The van der Waals surface area contributed by atoms with Crippen molar-refractivity contribution in [1.29, 1.82) is 0 Å². The van der Waals surface area contributed by atoms with Crippen LogP contribution in [-0.4, -0.2) is 49.6 Å². The highest BCUT2D eigenvalue weighted by Gasteiger charge is 2.23. The molecule has 3 rings (SSSR count). The van der Waals surface area contributed by atoms with Crippen LogP contribution >= 0.6 is 46.9 Å². The Bertz CT molecular complexity index is 994. The Morgan fingerprint density at radius 2 is 1.90 bits per heavy atom. The summed E-state index contributed by atoms with van der Waals surface area (Å²) in [4.78, 5) is 21.6. The van der Waals surface area contributed by atoms with Crippen molar-refractivity contribution in [2.24, 2.45) is 0 Å². The van der Waals surface area contributed by atoms with E-state index >= 15 is 0 Å². The van der Waals surface area contributed by atoms with E-state index in [-0.39, 0.29) is 18.3 Å². The lowest BCUT2D eigenvalue weighted by molar-refractivity contribution is 0.0985. The maximum absolute atomic E-state index is 13.3. The molecule has 1 aromatic heterocycles. The van der Waals surface area contributed by atoms with Gasteiger partial charge in [-0.1, -0.05) is 34.5 Å². The van der Waals surface area contributed by atoms with Crippen molar-refractivity contribution >= 4 is 68.2 Å². The Balaban J connectivity index is 0.00000300. The molecule has 0 fully saturated rings. The third kappa shape index (κ3) is 5.74. The number of thiazole rings is 1. The largest absolute Gasteiger partial charge is 0.494 e. The van der Waals surface area contributed by atoms with Crippen LogP contribution in [0.15, 0.2) is 36.4 Å². The first kappa shape index (κ1) is 23.7. The van der Waals surface area contributed by atoms with E-state index < -0.39 is 0 Å². The van der Waals surface area contributed by atoms with Crippen LogP contribution < -0.4 is 9.64 Å². The predicted molar refractivity (Wildman–Crippen MR) is 125 cm³/mol. The molecular formula is C20H22Cl3N3O2S. The number of carbonyl (C=O) groups excluding carboxylic acids is 1. The number of hydrogen-bond acceptors (Lipinski definition) is 5. The summed E-state index contributed by atoms with van der Waals surface area (Å²) in [6.07, 6.45) is 0. The molecule has 0 unspecified atom stereocenters. The summed E-state index contributed by atoms with van der Waals surface area (Å²) in [5.74, 6) is 0.588. The minimum atomic E-state index is -0.201. The molecule has 9 heteroatoms. The zero-order valence-electron chi connectivity index (χ0n) is 16.3. The van der Waals surface area contributed by atoms with Crippen molar-refractivity contribution in [2.75, 3.05) is 38.7 Å². The molecule has 0 spiro atoms. The zero-order chi connectivity index (χ0) is 20.3. The van der Waals surface area contributed by atoms with Crippen molar-refractivity contribution in [3.63, 3.8) is 0 Å². The molecule has 5 nitrogen and oxygen atoms in total. The summed E-state index contributed by atoms with van der Waals surface area (Å²) < 4.78 is 6.53. The highest BCUT2D eigenvalue weighted by atomic mass is 35.5. The molecule has 156 valence electrons. The number of likely N-dealkylation sites (N-methyl/N-ethyl adjacent to an activating group) is 1. The fourth-order valence-electron chi connectivity index (χ4n) is 2.66. The first-order chi connectivity index (χ1) is 13.4. The van der Waals surface area contributed by atoms with E-state index in [1.807, 2.05) is 44.1 Å². The van der Waals surface area contributed by atoms with Crippen molar-refractivity contribution in [3.8, 4) is 5.75 Å². The van der Waals surface area contributed by atoms with E-state index in [2.05, 4.69) is 4.98 Å². The Morgan fingerprint density at radius 3 is 2.55 bits per heavy atom.